The Balaban J connectivity index is 1.71. The van der Waals surface area contributed by atoms with E-state index in [-0.39, 0.29) is 34.0 Å². The molecule has 3 saturated carbocycles. The number of carboxylic acids is 1. The molecule has 7 unspecified atom stereocenters. The van der Waals surface area contributed by atoms with Crippen LogP contribution < -0.4 is 0 Å². The molecule has 0 aromatic carbocycles. The first-order valence-corrected chi connectivity index (χ1v) is 11.8. The third kappa shape index (κ3) is 2.67. The summed E-state index contributed by atoms with van der Waals surface area (Å²) in [7, 11) is 0. The molecule has 7 atom stereocenters. The Morgan fingerprint density at radius 3 is 2.48 bits per heavy atom. The third-order valence-corrected chi connectivity index (χ3v) is 10.8. The van der Waals surface area contributed by atoms with Gasteiger partial charge in [0.15, 0.2) is 0 Å². The number of rotatable bonds is 3. The summed E-state index contributed by atoms with van der Waals surface area (Å²) in [6.45, 7) is 14.0. The fourth-order valence-corrected chi connectivity index (χ4v) is 8.88. The van der Waals surface area contributed by atoms with E-state index in [4.69, 9.17) is 0 Å². The van der Waals surface area contributed by atoms with Gasteiger partial charge in [-0.15, -0.1) is 0 Å². The molecule has 0 amide bonds. The van der Waals surface area contributed by atoms with Crippen LogP contribution in [0.3, 0.4) is 0 Å². The minimum absolute atomic E-state index is 0.174. The van der Waals surface area contributed by atoms with Crippen molar-refractivity contribution in [2.24, 2.45) is 45.3 Å². The first-order valence-electron chi connectivity index (χ1n) is 11.8. The molecular weight excluding hydrogens is 360 g/mol. The molecule has 0 aromatic rings. The number of hydrogen-bond acceptors (Lipinski definition) is 2. The molecule has 0 bridgehead atoms. The van der Waals surface area contributed by atoms with Gasteiger partial charge in [-0.1, -0.05) is 53.2 Å². The summed E-state index contributed by atoms with van der Waals surface area (Å²) in [5.41, 5.74) is 2.03. The number of carbonyl (C=O) groups excluding carboxylic acids is 1. The third-order valence-electron chi connectivity index (χ3n) is 10.8. The molecule has 4 aliphatic rings. The van der Waals surface area contributed by atoms with Crippen LogP contribution in [0.25, 0.3) is 0 Å². The molecule has 0 aliphatic heterocycles. The predicted octanol–water partition coefficient (Wildman–Crippen LogP) is 6.27. The molecule has 29 heavy (non-hydrogen) atoms. The van der Waals surface area contributed by atoms with E-state index in [1.165, 1.54) is 19.3 Å². The highest BCUT2D eigenvalue weighted by atomic mass is 16.4. The Hall–Kier alpha value is -1.12. The molecule has 3 nitrogen and oxygen atoms in total. The molecule has 0 saturated heterocycles. The van der Waals surface area contributed by atoms with Gasteiger partial charge in [-0.05, 0) is 78.4 Å². The van der Waals surface area contributed by atoms with Gasteiger partial charge in [0.1, 0.15) is 5.78 Å². The van der Waals surface area contributed by atoms with Crippen LogP contribution >= 0.6 is 0 Å². The highest BCUT2D eigenvalue weighted by Gasteiger charge is 2.65. The second-order valence-electron chi connectivity index (χ2n) is 12.2. The van der Waals surface area contributed by atoms with E-state index in [2.05, 4.69) is 47.6 Å². The fourth-order valence-electron chi connectivity index (χ4n) is 8.88. The summed E-state index contributed by atoms with van der Waals surface area (Å²) in [6, 6.07) is 0. The second kappa shape index (κ2) is 6.44. The summed E-state index contributed by atoms with van der Waals surface area (Å²) in [6.07, 6.45) is 10.3. The molecule has 3 heteroatoms. The molecule has 0 radical (unpaired) electrons. The minimum Gasteiger partial charge on any atom is -0.481 e. The van der Waals surface area contributed by atoms with E-state index >= 15 is 0 Å². The zero-order valence-electron chi connectivity index (χ0n) is 19.3. The van der Waals surface area contributed by atoms with Crippen molar-refractivity contribution in [1.29, 1.82) is 0 Å². The van der Waals surface area contributed by atoms with E-state index in [0.717, 1.165) is 25.7 Å². The van der Waals surface area contributed by atoms with Gasteiger partial charge in [-0.2, -0.15) is 0 Å². The van der Waals surface area contributed by atoms with Crippen LogP contribution in [-0.4, -0.2) is 16.9 Å². The maximum absolute atomic E-state index is 12.7. The van der Waals surface area contributed by atoms with Gasteiger partial charge < -0.3 is 5.11 Å². The summed E-state index contributed by atoms with van der Waals surface area (Å²) in [4.78, 5) is 24.1. The average molecular weight is 401 g/mol. The number of carbonyl (C=O) groups is 2. The summed E-state index contributed by atoms with van der Waals surface area (Å²) >= 11 is 0. The number of carboxylic acid groups (broad SMARTS) is 1. The van der Waals surface area contributed by atoms with Crippen molar-refractivity contribution in [3.8, 4) is 0 Å². The van der Waals surface area contributed by atoms with Crippen molar-refractivity contribution in [3.63, 3.8) is 0 Å². The van der Waals surface area contributed by atoms with Crippen molar-refractivity contribution >= 4 is 11.8 Å². The van der Waals surface area contributed by atoms with Gasteiger partial charge in [0.2, 0.25) is 0 Å². The van der Waals surface area contributed by atoms with Crippen LogP contribution in [-0.2, 0) is 9.59 Å². The maximum atomic E-state index is 12.7. The molecule has 1 N–H and O–H groups in total. The molecular formula is C26H40O3. The quantitative estimate of drug-likeness (QED) is 0.568. The highest BCUT2D eigenvalue weighted by Crippen LogP contribution is 2.73. The molecule has 3 fully saturated rings. The zero-order chi connectivity index (χ0) is 21.4. The standard InChI is InChI=1S/C26H40O3/c1-16(15-22(28)29)17-9-13-26(6)19-7-8-20-23(2,3)21(27)11-12-24(20,4)18(19)10-14-25(17,26)5/h7,16-18,20H,8-15H2,1-6H3,(H,28,29). The Labute approximate surface area is 176 Å². The van der Waals surface area contributed by atoms with E-state index in [1.54, 1.807) is 5.57 Å². The number of Topliss-reactive ketones (excluding diaryl/α,β-unsaturated/α-hetero) is 1. The van der Waals surface area contributed by atoms with Gasteiger partial charge in [-0.3, -0.25) is 9.59 Å². The fraction of sp³-hybridized carbons (Fsp3) is 0.846. The SMILES string of the molecule is CC(CC(=O)O)C1CCC2(C)C3=CCC4C(C)(C)C(=O)CCC4(C)C3CCC12C. The summed E-state index contributed by atoms with van der Waals surface area (Å²) in [5.74, 6) is 1.54. The molecule has 0 aromatic heterocycles. The first-order chi connectivity index (χ1) is 13.4. The Bertz CT molecular complexity index is 764. The number of fused-ring (bicyclic) bond motifs is 5. The second-order valence-corrected chi connectivity index (χ2v) is 12.2. The van der Waals surface area contributed by atoms with Crippen LogP contribution in [0.2, 0.25) is 0 Å². The lowest BCUT2D eigenvalue weighted by atomic mass is 9.41. The Morgan fingerprint density at radius 1 is 1.14 bits per heavy atom. The van der Waals surface area contributed by atoms with Crippen LogP contribution in [0.4, 0.5) is 0 Å². The Kier molecular flexibility index (Phi) is 4.69. The molecule has 4 rings (SSSR count). The first kappa shape index (κ1) is 21.1. The summed E-state index contributed by atoms with van der Waals surface area (Å²) in [5, 5.41) is 9.37. The smallest absolute Gasteiger partial charge is 0.303 e. The summed E-state index contributed by atoms with van der Waals surface area (Å²) < 4.78 is 0. The largest absolute Gasteiger partial charge is 0.481 e. The zero-order valence-corrected chi connectivity index (χ0v) is 19.3. The van der Waals surface area contributed by atoms with Crippen LogP contribution in [0.15, 0.2) is 11.6 Å². The molecule has 162 valence electrons. The number of allylic oxidation sites excluding steroid dienone is 2. The average Bonchev–Trinajstić information content (AvgIpc) is 2.90. The lowest BCUT2D eigenvalue weighted by molar-refractivity contribution is -0.146. The van der Waals surface area contributed by atoms with Crippen molar-refractivity contribution in [1.82, 2.24) is 0 Å². The predicted molar refractivity (Wildman–Crippen MR) is 115 cm³/mol. The normalized spacial score (nSPS) is 46.9. The molecule has 0 heterocycles. The van der Waals surface area contributed by atoms with Gasteiger partial charge in [-0.25, -0.2) is 0 Å². The topological polar surface area (TPSA) is 54.4 Å². The number of hydrogen-bond donors (Lipinski definition) is 1. The van der Waals surface area contributed by atoms with Crippen LogP contribution in [0.1, 0.15) is 92.9 Å². The number of aliphatic carboxylic acids is 1. The van der Waals surface area contributed by atoms with E-state index < -0.39 is 5.97 Å². The lowest BCUT2D eigenvalue weighted by Gasteiger charge is -2.63. The number of ketones is 1. The van der Waals surface area contributed by atoms with Crippen molar-refractivity contribution < 1.29 is 14.7 Å². The van der Waals surface area contributed by atoms with E-state index in [1.807, 2.05) is 0 Å². The minimum atomic E-state index is -0.662. The lowest BCUT2D eigenvalue weighted by Crippen LogP contribution is -2.57. The van der Waals surface area contributed by atoms with E-state index in [0.29, 0.717) is 23.5 Å². The van der Waals surface area contributed by atoms with Gasteiger partial charge in [0, 0.05) is 18.3 Å². The van der Waals surface area contributed by atoms with Crippen molar-refractivity contribution in [3.05, 3.63) is 11.6 Å². The molecule has 0 spiro atoms. The van der Waals surface area contributed by atoms with E-state index in [9.17, 15) is 14.7 Å². The van der Waals surface area contributed by atoms with Gasteiger partial charge in [0.25, 0.3) is 0 Å². The van der Waals surface area contributed by atoms with Crippen LogP contribution in [0, 0.1) is 45.3 Å². The van der Waals surface area contributed by atoms with Crippen molar-refractivity contribution in [2.45, 2.75) is 92.9 Å². The monoisotopic (exact) mass is 400 g/mol. The maximum Gasteiger partial charge on any atom is 0.303 e. The Morgan fingerprint density at radius 2 is 1.83 bits per heavy atom. The van der Waals surface area contributed by atoms with Gasteiger partial charge >= 0.3 is 5.97 Å². The van der Waals surface area contributed by atoms with Crippen LogP contribution in [0.5, 0.6) is 0 Å². The highest BCUT2D eigenvalue weighted by molar-refractivity contribution is 5.85. The van der Waals surface area contributed by atoms with Crippen molar-refractivity contribution in [2.75, 3.05) is 0 Å². The molecule has 4 aliphatic carbocycles. The van der Waals surface area contributed by atoms with Gasteiger partial charge in [0.05, 0.1) is 0 Å².